The fraction of sp³-hybridized carbons (Fsp3) is 0.444. The van der Waals surface area contributed by atoms with Gasteiger partial charge in [-0.05, 0) is 37.3 Å². The molecule has 1 saturated carbocycles. The summed E-state index contributed by atoms with van der Waals surface area (Å²) in [5.41, 5.74) is 1.90. The van der Waals surface area contributed by atoms with Gasteiger partial charge in [-0.2, -0.15) is 0 Å². The predicted molar refractivity (Wildman–Crippen MR) is 42.6 cm³/mol. The standard InChI is InChI=1S/C9H11NO/c11-6-9-4-3-8(10-9)5-7-1-2-7/h3-4,6-7,10H,1-2,5H2. The largest absolute Gasteiger partial charge is 0.356 e. The molecule has 58 valence electrons. The molecular formula is C9H11NO. The number of carbonyl (C=O) groups is 1. The van der Waals surface area contributed by atoms with Crippen LogP contribution in [0.3, 0.4) is 0 Å². The minimum Gasteiger partial charge on any atom is -0.356 e. The van der Waals surface area contributed by atoms with Crippen molar-refractivity contribution in [2.24, 2.45) is 5.92 Å². The Morgan fingerprint density at radius 3 is 2.91 bits per heavy atom. The van der Waals surface area contributed by atoms with Crippen LogP contribution in [0.1, 0.15) is 29.0 Å². The third-order valence-electron chi connectivity index (χ3n) is 2.10. The predicted octanol–water partition coefficient (Wildman–Crippen LogP) is 1.78. The van der Waals surface area contributed by atoms with Crippen LogP contribution in [-0.4, -0.2) is 11.3 Å². The van der Waals surface area contributed by atoms with E-state index in [1.165, 1.54) is 18.5 Å². The van der Waals surface area contributed by atoms with E-state index < -0.39 is 0 Å². The summed E-state index contributed by atoms with van der Waals surface area (Å²) in [5.74, 6) is 0.883. The summed E-state index contributed by atoms with van der Waals surface area (Å²) in [6, 6.07) is 3.84. The van der Waals surface area contributed by atoms with Gasteiger partial charge in [-0.1, -0.05) is 0 Å². The Bertz CT molecular complexity index is 260. The van der Waals surface area contributed by atoms with Gasteiger partial charge in [0.25, 0.3) is 0 Å². The van der Waals surface area contributed by atoms with Gasteiger partial charge in [-0.25, -0.2) is 0 Å². The molecule has 0 unspecified atom stereocenters. The fourth-order valence-electron chi connectivity index (χ4n) is 1.28. The van der Waals surface area contributed by atoms with E-state index in [4.69, 9.17) is 0 Å². The number of rotatable bonds is 3. The first-order valence-corrected chi connectivity index (χ1v) is 4.01. The average molecular weight is 149 g/mol. The maximum absolute atomic E-state index is 10.3. The number of H-pyrrole nitrogens is 1. The lowest BCUT2D eigenvalue weighted by molar-refractivity contribution is 0.111. The molecule has 0 amide bonds. The molecule has 1 aliphatic carbocycles. The smallest absolute Gasteiger partial charge is 0.166 e. The Hall–Kier alpha value is -1.05. The summed E-state index contributed by atoms with van der Waals surface area (Å²) in [7, 11) is 0. The number of aromatic amines is 1. The number of carbonyl (C=O) groups excluding carboxylic acids is 1. The summed E-state index contributed by atoms with van der Waals surface area (Å²) >= 11 is 0. The zero-order chi connectivity index (χ0) is 7.68. The highest BCUT2D eigenvalue weighted by Crippen LogP contribution is 2.32. The monoisotopic (exact) mass is 149 g/mol. The van der Waals surface area contributed by atoms with Crippen molar-refractivity contribution in [3.63, 3.8) is 0 Å². The second kappa shape index (κ2) is 2.53. The van der Waals surface area contributed by atoms with Crippen LogP contribution < -0.4 is 0 Å². The van der Waals surface area contributed by atoms with Gasteiger partial charge < -0.3 is 4.98 Å². The molecule has 11 heavy (non-hydrogen) atoms. The lowest BCUT2D eigenvalue weighted by Gasteiger charge is -1.91. The maximum atomic E-state index is 10.3. The van der Waals surface area contributed by atoms with Gasteiger partial charge in [0, 0.05) is 5.69 Å². The molecule has 1 aromatic rings. The maximum Gasteiger partial charge on any atom is 0.166 e. The van der Waals surface area contributed by atoms with Crippen LogP contribution in [0.5, 0.6) is 0 Å². The highest BCUT2D eigenvalue weighted by Gasteiger charge is 2.21. The molecule has 0 aromatic carbocycles. The number of aromatic nitrogens is 1. The Labute approximate surface area is 65.6 Å². The van der Waals surface area contributed by atoms with Gasteiger partial charge in [0.05, 0.1) is 5.69 Å². The summed E-state index contributed by atoms with van der Waals surface area (Å²) in [4.78, 5) is 13.4. The van der Waals surface area contributed by atoms with Gasteiger partial charge in [0.2, 0.25) is 0 Å². The van der Waals surface area contributed by atoms with E-state index in [1.54, 1.807) is 0 Å². The van der Waals surface area contributed by atoms with Gasteiger partial charge in [0.1, 0.15) is 0 Å². The zero-order valence-corrected chi connectivity index (χ0v) is 6.34. The van der Waals surface area contributed by atoms with Crippen LogP contribution >= 0.6 is 0 Å². The summed E-state index contributed by atoms with van der Waals surface area (Å²) < 4.78 is 0. The van der Waals surface area contributed by atoms with Gasteiger partial charge in [-0.15, -0.1) is 0 Å². The highest BCUT2D eigenvalue weighted by molar-refractivity contribution is 5.71. The molecule has 2 heteroatoms. The van der Waals surface area contributed by atoms with Gasteiger partial charge in [0.15, 0.2) is 6.29 Å². The number of hydrogen-bond donors (Lipinski definition) is 1. The van der Waals surface area contributed by atoms with E-state index in [1.807, 2.05) is 12.1 Å². The Kier molecular flexibility index (Phi) is 1.53. The van der Waals surface area contributed by atoms with Crippen LogP contribution in [0, 0.1) is 5.92 Å². The normalized spacial score (nSPS) is 16.7. The van der Waals surface area contributed by atoms with Crippen molar-refractivity contribution in [3.8, 4) is 0 Å². The Morgan fingerprint density at radius 2 is 2.36 bits per heavy atom. The van der Waals surface area contributed by atoms with Crippen LogP contribution in [0.25, 0.3) is 0 Å². The molecule has 1 fully saturated rings. The number of aldehydes is 1. The third-order valence-corrected chi connectivity index (χ3v) is 2.10. The molecule has 2 rings (SSSR count). The van der Waals surface area contributed by atoms with Crippen molar-refractivity contribution < 1.29 is 4.79 Å². The van der Waals surface area contributed by atoms with Crippen LogP contribution in [0.4, 0.5) is 0 Å². The average Bonchev–Trinajstić information content (AvgIpc) is 2.68. The summed E-state index contributed by atoms with van der Waals surface area (Å²) in [6.07, 6.45) is 4.69. The van der Waals surface area contributed by atoms with Crippen molar-refractivity contribution in [3.05, 3.63) is 23.5 Å². The molecule has 2 nitrogen and oxygen atoms in total. The van der Waals surface area contributed by atoms with Gasteiger partial charge >= 0.3 is 0 Å². The quantitative estimate of drug-likeness (QED) is 0.653. The van der Waals surface area contributed by atoms with Crippen LogP contribution in [0.15, 0.2) is 12.1 Å². The molecule has 0 spiro atoms. The van der Waals surface area contributed by atoms with Crippen molar-refractivity contribution >= 4 is 6.29 Å². The first-order valence-electron chi connectivity index (χ1n) is 4.01. The molecule has 1 N–H and O–H groups in total. The molecule has 1 heterocycles. The van der Waals surface area contributed by atoms with Crippen molar-refractivity contribution in [1.29, 1.82) is 0 Å². The Morgan fingerprint density at radius 1 is 1.55 bits per heavy atom. The molecule has 0 atom stereocenters. The third kappa shape index (κ3) is 1.50. The fourth-order valence-corrected chi connectivity index (χ4v) is 1.28. The molecule has 0 saturated heterocycles. The number of nitrogens with one attached hydrogen (secondary N) is 1. The van der Waals surface area contributed by atoms with Crippen molar-refractivity contribution in [2.45, 2.75) is 19.3 Å². The van der Waals surface area contributed by atoms with E-state index >= 15 is 0 Å². The Balaban J connectivity index is 2.05. The van der Waals surface area contributed by atoms with Gasteiger partial charge in [-0.3, -0.25) is 4.79 Å². The van der Waals surface area contributed by atoms with Crippen LogP contribution in [-0.2, 0) is 6.42 Å². The van der Waals surface area contributed by atoms with Crippen molar-refractivity contribution in [1.82, 2.24) is 4.98 Å². The first-order chi connectivity index (χ1) is 5.38. The first kappa shape index (κ1) is 6.65. The lowest BCUT2D eigenvalue weighted by atomic mass is 10.2. The summed E-state index contributed by atoms with van der Waals surface area (Å²) in [5, 5.41) is 0. The van der Waals surface area contributed by atoms with E-state index in [9.17, 15) is 4.79 Å². The number of hydrogen-bond acceptors (Lipinski definition) is 1. The van der Waals surface area contributed by atoms with E-state index in [0.29, 0.717) is 5.69 Å². The molecule has 0 radical (unpaired) electrons. The lowest BCUT2D eigenvalue weighted by Crippen LogP contribution is -1.87. The highest BCUT2D eigenvalue weighted by atomic mass is 16.1. The van der Waals surface area contributed by atoms with Crippen LogP contribution in [0.2, 0.25) is 0 Å². The minimum absolute atomic E-state index is 0.695. The molecule has 1 aromatic heterocycles. The molecule has 0 aliphatic heterocycles. The van der Waals surface area contributed by atoms with Crippen molar-refractivity contribution in [2.75, 3.05) is 0 Å². The van der Waals surface area contributed by atoms with E-state index in [2.05, 4.69) is 4.98 Å². The SMILES string of the molecule is O=Cc1ccc(CC2CC2)[nH]1. The summed E-state index contributed by atoms with van der Waals surface area (Å²) in [6.45, 7) is 0. The second-order valence-corrected chi connectivity index (χ2v) is 3.20. The topological polar surface area (TPSA) is 32.9 Å². The zero-order valence-electron chi connectivity index (χ0n) is 6.34. The second-order valence-electron chi connectivity index (χ2n) is 3.20. The molecular weight excluding hydrogens is 138 g/mol. The molecule has 0 bridgehead atoms. The molecule has 1 aliphatic rings. The minimum atomic E-state index is 0.695. The van der Waals surface area contributed by atoms with E-state index in [0.717, 1.165) is 18.6 Å². The van der Waals surface area contributed by atoms with E-state index in [-0.39, 0.29) is 0 Å².